The molecule has 1 atom stereocenters. The molecule has 0 spiro atoms. The van der Waals surface area contributed by atoms with Crippen molar-refractivity contribution in [2.75, 3.05) is 18.1 Å². The molecule has 3 rings (SSSR count). The van der Waals surface area contributed by atoms with Crippen LogP contribution in [0.1, 0.15) is 23.6 Å². The van der Waals surface area contributed by atoms with Gasteiger partial charge in [-0.25, -0.2) is 8.42 Å². The lowest BCUT2D eigenvalue weighted by Gasteiger charge is -2.34. The minimum atomic E-state index is -3.46. The van der Waals surface area contributed by atoms with Crippen LogP contribution in [-0.4, -0.2) is 42.7 Å². The highest BCUT2D eigenvalue weighted by molar-refractivity contribution is 7.98. The van der Waals surface area contributed by atoms with Crippen LogP contribution >= 0.6 is 11.8 Å². The molecule has 150 valence electrons. The molecule has 0 fully saturated rings. The number of fused-ring (bicyclic) bond motifs is 1. The number of hydrogen-bond donors (Lipinski definition) is 1. The van der Waals surface area contributed by atoms with Crippen LogP contribution in [-0.2, 0) is 33.5 Å². The molecule has 2 aromatic carbocycles. The van der Waals surface area contributed by atoms with E-state index in [0.29, 0.717) is 13.0 Å². The number of carbonyl (C=O) groups excluding carboxylic acids is 1. The predicted octanol–water partition coefficient (Wildman–Crippen LogP) is 2.81. The van der Waals surface area contributed by atoms with Gasteiger partial charge in [-0.15, -0.1) is 0 Å². The summed E-state index contributed by atoms with van der Waals surface area (Å²) in [6.07, 6.45) is 0.415. The zero-order chi connectivity index (χ0) is 20.0. The summed E-state index contributed by atoms with van der Waals surface area (Å²) >= 11 is 1.75. The third kappa shape index (κ3) is 5.16. The van der Waals surface area contributed by atoms with Crippen LogP contribution < -0.4 is 5.32 Å². The fourth-order valence-corrected chi connectivity index (χ4v) is 5.35. The summed E-state index contributed by atoms with van der Waals surface area (Å²) in [4.78, 5) is 12.8. The minimum absolute atomic E-state index is 0.00806. The van der Waals surface area contributed by atoms with Crippen molar-refractivity contribution in [2.45, 2.75) is 31.7 Å². The van der Waals surface area contributed by atoms with Crippen LogP contribution in [0.5, 0.6) is 0 Å². The van der Waals surface area contributed by atoms with Crippen LogP contribution in [0.3, 0.4) is 0 Å². The van der Waals surface area contributed by atoms with Gasteiger partial charge in [0.25, 0.3) is 0 Å². The maximum Gasteiger partial charge on any atom is 0.238 e. The summed E-state index contributed by atoms with van der Waals surface area (Å²) in [5.74, 6) is 1.45. The third-order valence-electron chi connectivity index (χ3n) is 4.89. The summed E-state index contributed by atoms with van der Waals surface area (Å²) in [6.45, 7) is 2.40. The first kappa shape index (κ1) is 20.9. The fraction of sp³-hybridized carbons (Fsp3) is 0.381. The molecule has 0 aromatic heterocycles. The molecule has 7 heteroatoms. The zero-order valence-electron chi connectivity index (χ0n) is 16.0. The van der Waals surface area contributed by atoms with E-state index in [-0.39, 0.29) is 18.2 Å². The van der Waals surface area contributed by atoms with Crippen LogP contribution in [0.25, 0.3) is 0 Å². The number of benzene rings is 2. The Labute approximate surface area is 171 Å². The van der Waals surface area contributed by atoms with Crippen molar-refractivity contribution < 1.29 is 13.2 Å². The maximum atomic E-state index is 12.8. The van der Waals surface area contributed by atoms with Gasteiger partial charge < -0.3 is 5.32 Å². The predicted molar refractivity (Wildman–Crippen MR) is 115 cm³/mol. The van der Waals surface area contributed by atoms with E-state index in [2.05, 4.69) is 17.4 Å². The summed E-state index contributed by atoms with van der Waals surface area (Å²) in [6, 6.07) is 17.2. The number of nitrogens with zero attached hydrogens (tertiary/aromatic N) is 1. The first-order chi connectivity index (χ1) is 13.5. The van der Waals surface area contributed by atoms with E-state index in [1.54, 1.807) is 18.7 Å². The molecule has 1 N–H and O–H groups in total. The Bertz CT molecular complexity index is 901. The molecule has 0 aliphatic carbocycles. The van der Waals surface area contributed by atoms with E-state index in [1.807, 2.05) is 42.5 Å². The highest BCUT2D eigenvalue weighted by atomic mass is 32.2. The SMILES string of the molecule is CCS(=O)(=O)N1Cc2ccccc2CC1C(=O)NCCSCc1ccccc1. The molecule has 28 heavy (non-hydrogen) atoms. The molecule has 0 bridgehead atoms. The zero-order valence-corrected chi connectivity index (χ0v) is 17.6. The molecule has 1 amide bonds. The van der Waals surface area contributed by atoms with Crippen molar-refractivity contribution in [3.63, 3.8) is 0 Å². The van der Waals surface area contributed by atoms with Gasteiger partial charge in [-0.3, -0.25) is 4.79 Å². The molecule has 1 heterocycles. The average Bonchev–Trinajstić information content (AvgIpc) is 2.73. The molecule has 0 saturated heterocycles. The number of thioether (sulfide) groups is 1. The fourth-order valence-electron chi connectivity index (χ4n) is 3.31. The van der Waals surface area contributed by atoms with E-state index in [9.17, 15) is 13.2 Å². The summed E-state index contributed by atoms with van der Waals surface area (Å²) in [5.41, 5.74) is 3.27. The number of rotatable bonds is 8. The molecule has 2 aromatic rings. The highest BCUT2D eigenvalue weighted by Gasteiger charge is 2.37. The third-order valence-corrected chi connectivity index (χ3v) is 7.75. The molecule has 0 saturated carbocycles. The van der Waals surface area contributed by atoms with E-state index in [0.717, 1.165) is 22.6 Å². The van der Waals surface area contributed by atoms with Gasteiger partial charge in [-0.2, -0.15) is 16.1 Å². The molecule has 1 aliphatic rings. The van der Waals surface area contributed by atoms with Gasteiger partial charge in [0.2, 0.25) is 15.9 Å². The van der Waals surface area contributed by atoms with Gasteiger partial charge in [-0.05, 0) is 30.0 Å². The summed E-state index contributed by atoms with van der Waals surface area (Å²) < 4.78 is 26.5. The first-order valence-electron chi connectivity index (χ1n) is 9.47. The Morgan fingerprint density at radius 3 is 2.50 bits per heavy atom. The van der Waals surface area contributed by atoms with Crippen molar-refractivity contribution in [3.05, 3.63) is 71.3 Å². The second-order valence-electron chi connectivity index (χ2n) is 6.76. The van der Waals surface area contributed by atoms with Crippen molar-refractivity contribution in [3.8, 4) is 0 Å². The Morgan fingerprint density at radius 1 is 1.11 bits per heavy atom. The average molecular weight is 419 g/mol. The number of nitrogens with one attached hydrogen (secondary N) is 1. The highest BCUT2D eigenvalue weighted by Crippen LogP contribution is 2.26. The monoisotopic (exact) mass is 418 g/mol. The number of hydrogen-bond acceptors (Lipinski definition) is 4. The number of sulfonamides is 1. The van der Waals surface area contributed by atoms with Gasteiger partial charge in [-0.1, -0.05) is 54.6 Å². The molecular formula is C21H26N2O3S2. The van der Waals surface area contributed by atoms with E-state index < -0.39 is 16.1 Å². The van der Waals surface area contributed by atoms with Crippen molar-refractivity contribution in [1.82, 2.24) is 9.62 Å². The molecule has 1 unspecified atom stereocenters. The summed E-state index contributed by atoms with van der Waals surface area (Å²) in [7, 11) is -3.46. The smallest absolute Gasteiger partial charge is 0.238 e. The standard InChI is InChI=1S/C21H26N2O3S2/c1-2-28(25,26)23-15-19-11-7-6-10-18(19)14-20(23)21(24)22-12-13-27-16-17-8-4-3-5-9-17/h3-11,20H,2,12-16H2,1H3,(H,22,24). The quantitative estimate of drug-likeness (QED) is 0.670. The van der Waals surface area contributed by atoms with Crippen molar-refractivity contribution in [2.24, 2.45) is 0 Å². The lowest BCUT2D eigenvalue weighted by Crippen LogP contribution is -2.53. The lowest BCUT2D eigenvalue weighted by atomic mass is 9.95. The van der Waals surface area contributed by atoms with Crippen LogP contribution in [0.2, 0.25) is 0 Å². The van der Waals surface area contributed by atoms with Gasteiger partial charge in [0.05, 0.1) is 5.75 Å². The largest absolute Gasteiger partial charge is 0.354 e. The lowest BCUT2D eigenvalue weighted by molar-refractivity contribution is -0.125. The van der Waals surface area contributed by atoms with Gasteiger partial charge in [0.15, 0.2) is 0 Å². The van der Waals surface area contributed by atoms with E-state index in [4.69, 9.17) is 0 Å². The number of carbonyl (C=O) groups is 1. The molecule has 5 nitrogen and oxygen atoms in total. The van der Waals surface area contributed by atoms with Gasteiger partial charge >= 0.3 is 0 Å². The van der Waals surface area contributed by atoms with E-state index >= 15 is 0 Å². The second kappa shape index (κ2) is 9.58. The van der Waals surface area contributed by atoms with Crippen LogP contribution in [0.15, 0.2) is 54.6 Å². The van der Waals surface area contributed by atoms with Crippen molar-refractivity contribution >= 4 is 27.7 Å². The molecule has 1 aliphatic heterocycles. The van der Waals surface area contributed by atoms with Crippen LogP contribution in [0, 0.1) is 0 Å². The summed E-state index contributed by atoms with van der Waals surface area (Å²) in [5, 5.41) is 2.93. The van der Waals surface area contributed by atoms with Crippen molar-refractivity contribution in [1.29, 1.82) is 0 Å². The Kier molecular flexibility index (Phi) is 7.15. The minimum Gasteiger partial charge on any atom is -0.354 e. The maximum absolute atomic E-state index is 12.8. The number of amides is 1. The van der Waals surface area contributed by atoms with E-state index in [1.165, 1.54) is 9.87 Å². The Morgan fingerprint density at radius 2 is 1.79 bits per heavy atom. The topological polar surface area (TPSA) is 66.5 Å². The second-order valence-corrected chi connectivity index (χ2v) is 10.1. The van der Waals surface area contributed by atoms with Crippen LogP contribution in [0.4, 0.5) is 0 Å². The van der Waals surface area contributed by atoms with Gasteiger partial charge in [0.1, 0.15) is 6.04 Å². The molecular weight excluding hydrogens is 392 g/mol. The van der Waals surface area contributed by atoms with Gasteiger partial charge in [0, 0.05) is 24.6 Å². The Hall–Kier alpha value is -1.83. The normalized spacial score (nSPS) is 17.1. The first-order valence-corrected chi connectivity index (χ1v) is 12.2. The Balaban J connectivity index is 1.58. The molecule has 0 radical (unpaired) electrons.